The summed E-state index contributed by atoms with van der Waals surface area (Å²) in [6.07, 6.45) is 1.02. The van der Waals surface area contributed by atoms with Gasteiger partial charge in [-0.1, -0.05) is 0 Å². The number of carbonyl (C=O) groups is 1. The Morgan fingerprint density at radius 3 is 2.67 bits per heavy atom. The summed E-state index contributed by atoms with van der Waals surface area (Å²) >= 11 is 1.52. The zero-order valence-electron chi connectivity index (χ0n) is 5.20. The smallest absolute Gasteiger partial charge is 0.332 e. The molecule has 9 heavy (non-hydrogen) atoms. The van der Waals surface area contributed by atoms with Crippen LogP contribution in [0.4, 0.5) is 0 Å². The van der Waals surface area contributed by atoms with Gasteiger partial charge in [0.1, 0.15) is 0 Å². The van der Waals surface area contributed by atoms with Gasteiger partial charge in [-0.3, -0.25) is 0 Å². The topological polar surface area (TPSA) is 57.5 Å². The van der Waals surface area contributed by atoms with Crippen molar-refractivity contribution in [1.29, 1.82) is 0 Å². The van der Waals surface area contributed by atoms with Crippen LogP contribution in [0.15, 0.2) is 0 Å². The van der Waals surface area contributed by atoms with Crippen LogP contribution in [0.3, 0.4) is 0 Å². The molecule has 0 rings (SSSR count). The summed E-state index contributed by atoms with van der Waals surface area (Å²) in [6, 6.07) is 0. The minimum Gasteiger partial charge on any atom is -0.479 e. The molecule has 0 aliphatic carbocycles. The summed E-state index contributed by atoms with van der Waals surface area (Å²) in [5.41, 5.74) is 0. The first-order valence-corrected chi connectivity index (χ1v) is 3.97. The van der Waals surface area contributed by atoms with Crippen LogP contribution in [0, 0.1) is 0 Å². The molecule has 0 aliphatic heterocycles. The summed E-state index contributed by atoms with van der Waals surface area (Å²) in [5.74, 6) is -0.447. The molecular weight excluding hydrogens is 145 g/mol. The Morgan fingerprint density at radius 2 is 2.33 bits per heavy atom. The van der Waals surface area contributed by atoms with Gasteiger partial charge in [0.15, 0.2) is 6.10 Å². The normalized spacial score (nSPS) is 13.1. The molecule has 1 atom stereocenters. The minimum atomic E-state index is -1.18. The molecular formula is C5H10O3S. The van der Waals surface area contributed by atoms with E-state index in [4.69, 9.17) is 10.2 Å². The summed E-state index contributed by atoms with van der Waals surface area (Å²) in [6.45, 7) is 0. The molecule has 0 radical (unpaired) electrons. The number of thioether (sulfide) groups is 1. The number of hydrogen-bond donors (Lipinski definition) is 2. The van der Waals surface area contributed by atoms with Crippen LogP contribution in [-0.2, 0) is 4.79 Å². The second-order valence-corrected chi connectivity index (χ2v) is 2.62. The van der Waals surface area contributed by atoms with E-state index < -0.39 is 12.1 Å². The molecule has 0 spiro atoms. The van der Waals surface area contributed by atoms with Gasteiger partial charge in [-0.05, 0) is 18.4 Å². The zero-order valence-corrected chi connectivity index (χ0v) is 6.02. The van der Waals surface area contributed by atoms with Crippen molar-refractivity contribution in [3.05, 3.63) is 0 Å². The Labute approximate surface area is 58.1 Å². The first-order valence-electron chi connectivity index (χ1n) is 2.58. The average Bonchev–Trinajstić information content (AvgIpc) is 1.82. The third-order valence-corrected chi connectivity index (χ3v) is 1.52. The molecule has 0 bridgehead atoms. The van der Waals surface area contributed by atoms with E-state index in [-0.39, 0.29) is 0 Å². The maximum atomic E-state index is 9.95. The lowest BCUT2D eigenvalue weighted by Crippen LogP contribution is -2.19. The lowest BCUT2D eigenvalue weighted by molar-refractivity contribution is -0.146. The standard InChI is InChI=1S/C5H10O3S/c1-9-3-2-4(6)5(7)8/h4,6H,2-3H2,1H3,(H,7,8)/t4-/m0/s1/i1+1,2+1,3+1,4+1,5+1. The molecule has 0 aromatic rings. The highest BCUT2D eigenvalue weighted by Gasteiger charge is 2.10. The molecule has 0 fully saturated rings. The Kier molecular flexibility index (Phi) is 4.53. The SMILES string of the molecule is [13CH3]S[13CH2][13CH2][13C@H](O)[13C](=O)O. The van der Waals surface area contributed by atoms with Gasteiger partial charge in [0.05, 0.1) is 0 Å². The highest BCUT2D eigenvalue weighted by molar-refractivity contribution is 7.98. The van der Waals surface area contributed by atoms with Crippen molar-refractivity contribution < 1.29 is 15.0 Å². The fourth-order valence-electron chi connectivity index (χ4n) is 0.353. The van der Waals surface area contributed by atoms with E-state index in [2.05, 4.69) is 0 Å². The van der Waals surface area contributed by atoms with E-state index in [0.717, 1.165) is 0 Å². The summed E-state index contributed by atoms with van der Waals surface area (Å²) in [7, 11) is 0. The van der Waals surface area contributed by atoms with Gasteiger partial charge in [-0.15, -0.1) is 0 Å². The fraction of sp³-hybridized carbons (Fsp3) is 0.800. The molecule has 2 N–H and O–H groups in total. The molecule has 0 saturated heterocycles. The van der Waals surface area contributed by atoms with E-state index in [1.807, 2.05) is 6.26 Å². The van der Waals surface area contributed by atoms with E-state index in [1.54, 1.807) is 0 Å². The van der Waals surface area contributed by atoms with Gasteiger partial charge < -0.3 is 10.2 Å². The third kappa shape index (κ3) is 4.29. The van der Waals surface area contributed by atoms with Crippen LogP contribution in [-0.4, -0.2) is 34.3 Å². The minimum absolute atomic E-state index is 0.330. The van der Waals surface area contributed by atoms with E-state index in [1.165, 1.54) is 11.8 Å². The summed E-state index contributed by atoms with van der Waals surface area (Å²) in [4.78, 5) is 9.95. The first kappa shape index (κ1) is 8.78. The number of aliphatic carboxylic acids is 1. The van der Waals surface area contributed by atoms with Crippen LogP contribution in [0.1, 0.15) is 6.42 Å². The fourth-order valence-corrected chi connectivity index (χ4v) is 0.812. The van der Waals surface area contributed by atoms with Gasteiger partial charge in [0.2, 0.25) is 0 Å². The van der Waals surface area contributed by atoms with Crippen molar-refractivity contribution in [2.75, 3.05) is 12.0 Å². The van der Waals surface area contributed by atoms with E-state index in [0.29, 0.717) is 12.2 Å². The lowest BCUT2D eigenvalue weighted by Gasteiger charge is -2.01. The number of aliphatic hydroxyl groups is 1. The van der Waals surface area contributed by atoms with Crippen LogP contribution >= 0.6 is 11.8 Å². The van der Waals surface area contributed by atoms with Gasteiger partial charge in [-0.2, -0.15) is 11.8 Å². The molecule has 0 saturated carbocycles. The summed E-state index contributed by atoms with van der Waals surface area (Å²) in [5, 5.41) is 16.8. The highest BCUT2D eigenvalue weighted by Crippen LogP contribution is 1.99. The van der Waals surface area contributed by atoms with Crippen molar-refractivity contribution in [3.63, 3.8) is 0 Å². The second kappa shape index (κ2) is 4.64. The van der Waals surface area contributed by atoms with Crippen molar-refractivity contribution >= 4 is 17.7 Å². The number of carboxylic acid groups (broad SMARTS) is 1. The average molecular weight is 155 g/mol. The second-order valence-electron chi connectivity index (χ2n) is 1.64. The Bertz CT molecular complexity index is 94.2. The molecule has 0 aromatic heterocycles. The zero-order chi connectivity index (χ0) is 7.28. The molecule has 0 aliphatic rings. The van der Waals surface area contributed by atoms with Crippen molar-refractivity contribution in [2.24, 2.45) is 0 Å². The third-order valence-electron chi connectivity index (χ3n) is 0.880. The van der Waals surface area contributed by atoms with Gasteiger partial charge in [-0.25, -0.2) is 4.79 Å². The molecule has 0 amide bonds. The predicted octanol–water partition coefficient (Wildman–Crippen LogP) is 0.185. The largest absolute Gasteiger partial charge is 0.479 e. The quantitative estimate of drug-likeness (QED) is 0.569. The van der Waals surface area contributed by atoms with Crippen LogP contribution in [0.25, 0.3) is 0 Å². The van der Waals surface area contributed by atoms with Crippen molar-refractivity contribution in [2.45, 2.75) is 12.5 Å². The van der Waals surface area contributed by atoms with Gasteiger partial charge in [0, 0.05) is 0 Å². The monoisotopic (exact) mass is 155 g/mol. The predicted molar refractivity (Wildman–Crippen MR) is 36.6 cm³/mol. The molecule has 0 aromatic carbocycles. The maximum Gasteiger partial charge on any atom is 0.332 e. The first-order chi connectivity index (χ1) is 4.18. The van der Waals surface area contributed by atoms with Crippen molar-refractivity contribution in [3.8, 4) is 0 Å². The lowest BCUT2D eigenvalue weighted by atomic mass is 11.2. The molecule has 0 unspecified atom stereocenters. The van der Waals surface area contributed by atoms with E-state index >= 15 is 0 Å². The molecule has 3 nitrogen and oxygen atoms in total. The Balaban J connectivity index is 3.27. The van der Waals surface area contributed by atoms with Crippen molar-refractivity contribution in [1.82, 2.24) is 0 Å². The summed E-state index contributed by atoms with van der Waals surface area (Å²) < 4.78 is 0. The van der Waals surface area contributed by atoms with Crippen LogP contribution in [0.2, 0.25) is 0 Å². The number of hydrogen-bond acceptors (Lipinski definition) is 3. The number of carboxylic acids is 1. The number of rotatable bonds is 4. The molecule has 4 heteroatoms. The Hall–Kier alpha value is -0.220. The van der Waals surface area contributed by atoms with Gasteiger partial charge >= 0.3 is 5.97 Å². The molecule has 0 heterocycles. The number of aliphatic hydroxyl groups excluding tert-OH is 1. The van der Waals surface area contributed by atoms with Gasteiger partial charge in [0.25, 0.3) is 0 Å². The van der Waals surface area contributed by atoms with Crippen LogP contribution in [0.5, 0.6) is 0 Å². The molecule has 54 valence electrons. The highest BCUT2D eigenvalue weighted by atomic mass is 32.2. The van der Waals surface area contributed by atoms with E-state index in [9.17, 15) is 4.79 Å². The Morgan fingerprint density at radius 1 is 1.78 bits per heavy atom. The van der Waals surface area contributed by atoms with Crippen LogP contribution < -0.4 is 0 Å². The maximum absolute atomic E-state index is 9.95.